The SMILES string of the molecule is NC(=S)c1ccccc1[N+](=O)[O-]. The number of rotatable bonds is 2. The second-order valence-electron chi connectivity index (χ2n) is 2.14. The van der Waals surface area contributed by atoms with Gasteiger partial charge >= 0.3 is 0 Å². The fourth-order valence-electron chi connectivity index (χ4n) is 0.841. The van der Waals surface area contributed by atoms with Gasteiger partial charge in [-0.25, -0.2) is 0 Å². The van der Waals surface area contributed by atoms with Crippen LogP contribution in [0.4, 0.5) is 5.69 Å². The lowest BCUT2D eigenvalue weighted by molar-refractivity contribution is -0.385. The Morgan fingerprint density at radius 1 is 1.50 bits per heavy atom. The predicted octanol–water partition coefficient (Wildman–Crippen LogP) is 1.23. The van der Waals surface area contributed by atoms with E-state index in [1.54, 1.807) is 12.1 Å². The number of benzene rings is 1. The van der Waals surface area contributed by atoms with Crippen LogP contribution in [0.15, 0.2) is 24.3 Å². The Kier molecular flexibility index (Phi) is 2.35. The van der Waals surface area contributed by atoms with Gasteiger partial charge in [0.15, 0.2) is 0 Å². The Hall–Kier alpha value is -1.49. The molecule has 0 heterocycles. The van der Waals surface area contributed by atoms with Crippen LogP contribution in [0, 0.1) is 10.1 Å². The number of nitrogens with zero attached hydrogens (tertiary/aromatic N) is 1. The van der Waals surface area contributed by atoms with Gasteiger partial charge in [0.2, 0.25) is 0 Å². The minimum Gasteiger partial charge on any atom is -0.389 e. The van der Waals surface area contributed by atoms with E-state index in [9.17, 15) is 10.1 Å². The summed E-state index contributed by atoms with van der Waals surface area (Å²) in [6.45, 7) is 0. The highest BCUT2D eigenvalue weighted by atomic mass is 32.1. The van der Waals surface area contributed by atoms with Gasteiger partial charge in [-0.15, -0.1) is 0 Å². The van der Waals surface area contributed by atoms with Crippen LogP contribution in [0.1, 0.15) is 5.56 Å². The van der Waals surface area contributed by atoms with E-state index in [4.69, 9.17) is 5.73 Å². The molecule has 1 aromatic carbocycles. The van der Waals surface area contributed by atoms with Crippen LogP contribution >= 0.6 is 12.2 Å². The van der Waals surface area contributed by atoms with E-state index >= 15 is 0 Å². The van der Waals surface area contributed by atoms with Crippen molar-refractivity contribution in [3.63, 3.8) is 0 Å². The van der Waals surface area contributed by atoms with Gasteiger partial charge in [-0.05, 0) is 6.07 Å². The van der Waals surface area contributed by atoms with Crippen molar-refractivity contribution in [2.45, 2.75) is 0 Å². The van der Waals surface area contributed by atoms with Gasteiger partial charge in [0.1, 0.15) is 4.99 Å². The van der Waals surface area contributed by atoms with Crippen LogP contribution < -0.4 is 5.73 Å². The maximum atomic E-state index is 10.4. The second kappa shape index (κ2) is 3.27. The molecular formula is C7H6N2O2S. The monoisotopic (exact) mass is 182 g/mol. The summed E-state index contributed by atoms with van der Waals surface area (Å²) in [7, 11) is 0. The van der Waals surface area contributed by atoms with E-state index in [1.165, 1.54) is 12.1 Å². The van der Waals surface area contributed by atoms with Crippen molar-refractivity contribution in [1.82, 2.24) is 0 Å². The zero-order valence-electron chi connectivity index (χ0n) is 6.06. The first-order valence-electron chi connectivity index (χ1n) is 3.16. The molecule has 0 saturated carbocycles. The number of nitrogens with two attached hydrogens (primary N) is 1. The van der Waals surface area contributed by atoms with E-state index in [2.05, 4.69) is 12.2 Å². The quantitative estimate of drug-likeness (QED) is 0.424. The third-order valence-corrected chi connectivity index (χ3v) is 1.59. The summed E-state index contributed by atoms with van der Waals surface area (Å²) in [5, 5.41) is 10.4. The summed E-state index contributed by atoms with van der Waals surface area (Å²) in [6, 6.07) is 6.12. The minimum absolute atomic E-state index is 0.0438. The summed E-state index contributed by atoms with van der Waals surface area (Å²) in [5.41, 5.74) is 5.53. The molecule has 0 aliphatic carbocycles. The summed E-state index contributed by atoms with van der Waals surface area (Å²) >= 11 is 4.64. The molecule has 0 atom stereocenters. The highest BCUT2D eigenvalue weighted by molar-refractivity contribution is 7.80. The van der Waals surface area contributed by atoms with Gasteiger partial charge in [-0.3, -0.25) is 10.1 Å². The van der Waals surface area contributed by atoms with Crippen molar-refractivity contribution in [3.8, 4) is 0 Å². The van der Waals surface area contributed by atoms with Gasteiger partial charge in [-0.1, -0.05) is 24.4 Å². The fraction of sp³-hybridized carbons (Fsp3) is 0. The topological polar surface area (TPSA) is 69.2 Å². The van der Waals surface area contributed by atoms with E-state index in [1.807, 2.05) is 0 Å². The Labute approximate surface area is 74.1 Å². The normalized spacial score (nSPS) is 9.33. The first-order chi connectivity index (χ1) is 5.63. The molecule has 0 unspecified atom stereocenters. The van der Waals surface area contributed by atoms with Gasteiger partial charge in [0.25, 0.3) is 5.69 Å². The third kappa shape index (κ3) is 1.57. The lowest BCUT2D eigenvalue weighted by atomic mass is 10.2. The van der Waals surface area contributed by atoms with Crippen LogP contribution in [0.3, 0.4) is 0 Å². The smallest absolute Gasteiger partial charge is 0.279 e. The van der Waals surface area contributed by atoms with E-state index in [0.29, 0.717) is 5.56 Å². The largest absolute Gasteiger partial charge is 0.389 e. The standard InChI is InChI=1S/C7H6N2O2S/c8-7(12)5-3-1-2-4-6(5)9(10)11/h1-4H,(H2,8,12). The van der Waals surface area contributed by atoms with Crippen LogP contribution in [0.2, 0.25) is 0 Å². The number of thiocarbonyl (C=S) groups is 1. The van der Waals surface area contributed by atoms with Gasteiger partial charge < -0.3 is 5.73 Å². The Balaban J connectivity index is 3.27. The molecular weight excluding hydrogens is 176 g/mol. The van der Waals surface area contributed by atoms with Crippen molar-refractivity contribution >= 4 is 22.9 Å². The molecule has 0 aliphatic heterocycles. The highest BCUT2D eigenvalue weighted by Crippen LogP contribution is 2.16. The lowest BCUT2D eigenvalue weighted by Crippen LogP contribution is -2.11. The molecule has 2 N–H and O–H groups in total. The molecule has 1 aromatic rings. The van der Waals surface area contributed by atoms with E-state index in [-0.39, 0.29) is 10.7 Å². The summed E-state index contributed by atoms with van der Waals surface area (Å²) in [4.78, 5) is 9.95. The molecule has 12 heavy (non-hydrogen) atoms. The first kappa shape index (κ1) is 8.61. The number of para-hydroxylation sites is 1. The number of hydrogen-bond donors (Lipinski definition) is 1. The number of hydrogen-bond acceptors (Lipinski definition) is 3. The van der Waals surface area contributed by atoms with Gasteiger partial charge in [0, 0.05) is 6.07 Å². The van der Waals surface area contributed by atoms with Gasteiger partial charge in [-0.2, -0.15) is 0 Å². The number of nitro groups is 1. The second-order valence-corrected chi connectivity index (χ2v) is 2.58. The molecule has 0 bridgehead atoms. The fourth-order valence-corrected chi connectivity index (χ4v) is 1.01. The van der Waals surface area contributed by atoms with Crippen LogP contribution in [-0.4, -0.2) is 9.91 Å². The predicted molar refractivity (Wildman–Crippen MR) is 49.0 cm³/mol. The van der Waals surface area contributed by atoms with E-state index in [0.717, 1.165) is 0 Å². The molecule has 0 spiro atoms. The molecule has 5 heteroatoms. The zero-order valence-corrected chi connectivity index (χ0v) is 6.88. The highest BCUT2D eigenvalue weighted by Gasteiger charge is 2.13. The molecule has 0 fully saturated rings. The molecule has 0 aliphatic rings. The molecule has 0 aromatic heterocycles. The average Bonchev–Trinajstić information content (AvgIpc) is 2.04. The Morgan fingerprint density at radius 2 is 2.08 bits per heavy atom. The molecule has 0 amide bonds. The minimum atomic E-state index is -0.505. The zero-order chi connectivity index (χ0) is 9.14. The summed E-state index contributed by atoms with van der Waals surface area (Å²) in [6.07, 6.45) is 0. The Morgan fingerprint density at radius 3 is 2.50 bits per heavy atom. The molecule has 62 valence electrons. The van der Waals surface area contributed by atoms with Crippen molar-refractivity contribution in [1.29, 1.82) is 0 Å². The Bertz CT molecular complexity index is 305. The lowest BCUT2D eigenvalue weighted by Gasteiger charge is -1.98. The number of nitro benzene ring substituents is 1. The molecule has 4 nitrogen and oxygen atoms in total. The summed E-state index contributed by atoms with van der Waals surface area (Å²) in [5.74, 6) is 0. The van der Waals surface area contributed by atoms with Crippen LogP contribution in [0.5, 0.6) is 0 Å². The molecule has 1 rings (SSSR count). The first-order valence-corrected chi connectivity index (χ1v) is 3.57. The maximum Gasteiger partial charge on any atom is 0.279 e. The van der Waals surface area contributed by atoms with Crippen LogP contribution in [0.25, 0.3) is 0 Å². The third-order valence-electron chi connectivity index (χ3n) is 1.37. The van der Waals surface area contributed by atoms with Crippen molar-refractivity contribution in [3.05, 3.63) is 39.9 Å². The van der Waals surface area contributed by atoms with E-state index < -0.39 is 4.92 Å². The van der Waals surface area contributed by atoms with Crippen molar-refractivity contribution in [2.75, 3.05) is 0 Å². The maximum absolute atomic E-state index is 10.4. The van der Waals surface area contributed by atoms with Gasteiger partial charge in [0.05, 0.1) is 10.5 Å². The summed E-state index contributed by atoms with van der Waals surface area (Å²) < 4.78 is 0. The average molecular weight is 182 g/mol. The molecule has 0 radical (unpaired) electrons. The molecule has 0 saturated heterocycles. The van der Waals surface area contributed by atoms with Crippen LogP contribution in [-0.2, 0) is 0 Å². The van der Waals surface area contributed by atoms with Crippen molar-refractivity contribution < 1.29 is 4.92 Å². The van der Waals surface area contributed by atoms with Crippen molar-refractivity contribution in [2.24, 2.45) is 5.73 Å².